The van der Waals surface area contributed by atoms with Gasteiger partial charge in [0.25, 0.3) is 0 Å². The van der Waals surface area contributed by atoms with Crippen molar-refractivity contribution in [1.82, 2.24) is 10.2 Å². The van der Waals surface area contributed by atoms with E-state index in [-0.39, 0.29) is 5.97 Å². The van der Waals surface area contributed by atoms with Crippen molar-refractivity contribution in [2.75, 3.05) is 26.7 Å². The van der Waals surface area contributed by atoms with Crippen LogP contribution in [0.15, 0.2) is 0 Å². The van der Waals surface area contributed by atoms with Crippen LogP contribution in [-0.2, 0) is 28.5 Å². The van der Waals surface area contributed by atoms with Crippen LogP contribution in [0.25, 0.3) is 0 Å². The van der Waals surface area contributed by atoms with Crippen molar-refractivity contribution < 1.29 is 38.1 Å². The Balaban J connectivity index is 0.000000618. The molecular formula is C23H44N4O8. The molecule has 0 aromatic heterocycles. The number of nitrogens with one attached hydrogen (secondary N) is 1. The van der Waals surface area contributed by atoms with E-state index < -0.39 is 47.6 Å². The van der Waals surface area contributed by atoms with Gasteiger partial charge in [0.1, 0.15) is 23.3 Å². The molecule has 3 atom stereocenters. The standard InChI is InChI=1S/C11H20N2O4.C10H18N2O4.C2H6/c1-11(2,17-9(14)4-3-6-12)8-5-7-13-10(15)16-8;1-6(11)8(13)16-10(2,3)7-5-12(4)9(14)15-7;1-2/h8H,3-7,12H2,1-2H3,(H,13,15);6-7H,5,11H2,1-4H3;1-2H3/t;6-,7?;/m.0./s1. The lowest BCUT2D eigenvalue weighted by Gasteiger charge is -2.35. The Morgan fingerprint density at radius 2 is 1.69 bits per heavy atom. The van der Waals surface area contributed by atoms with Gasteiger partial charge in [0, 0.05) is 26.4 Å². The molecule has 0 aromatic rings. The van der Waals surface area contributed by atoms with E-state index in [1.54, 1.807) is 41.7 Å². The molecule has 2 heterocycles. The van der Waals surface area contributed by atoms with Crippen LogP contribution < -0.4 is 16.8 Å². The predicted molar refractivity (Wildman–Crippen MR) is 129 cm³/mol. The summed E-state index contributed by atoms with van der Waals surface area (Å²) in [6.07, 6.45) is -0.226. The second-order valence-electron chi connectivity index (χ2n) is 9.15. The molecule has 2 rings (SSSR count). The molecule has 35 heavy (non-hydrogen) atoms. The van der Waals surface area contributed by atoms with Gasteiger partial charge in [-0.2, -0.15) is 0 Å². The van der Waals surface area contributed by atoms with E-state index in [4.69, 9.17) is 30.4 Å². The number of nitrogens with zero attached hydrogens (tertiary/aromatic N) is 1. The van der Waals surface area contributed by atoms with E-state index in [9.17, 15) is 19.2 Å². The molecular weight excluding hydrogens is 460 g/mol. The Hall–Kier alpha value is -2.60. The van der Waals surface area contributed by atoms with E-state index in [0.29, 0.717) is 38.9 Å². The number of ether oxygens (including phenoxy) is 4. The van der Waals surface area contributed by atoms with E-state index in [2.05, 4.69) is 5.32 Å². The number of esters is 2. The zero-order valence-corrected chi connectivity index (χ0v) is 22.3. The molecule has 12 nitrogen and oxygen atoms in total. The minimum absolute atomic E-state index is 0.291. The van der Waals surface area contributed by atoms with Crippen molar-refractivity contribution in [2.45, 2.75) is 97.2 Å². The Bertz CT molecular complexity index is 712. The van der Waals surface area contributed by atoms with Gasteiger partial charge in [-0.3, -0.25) is 9.59 Å². The van der Waals surface area contributed by atoms with Crippen molar-refractivity contribution in [2.24, 2.45) is 11.5 Å². The van der Waals surface area contributed by atoms with Crippen molar-refractivity contribution in [1.29, 1.82) is 0 Å². The highest BCUT2D eigenvalue weighted by molar-refractivity contribution is 5.75. The molecule has 0 bridgehead atoms. The van der Waals surface area contributed by atoms with E-state index >= 15 is 0 Å². The van der Waals surface area contributed by atoms with Crippen molar-refractivity contribution >= 4 is 24.1 Å². The summed E-state index contributed by atoms with van der Waals surface area (Å²) >= 11 is 0. The van der Waals surface area contributed by atoms with Crippen LogP contribution in [0.5, 0.6) is 0 Å². The number of carbonyl (C=O) groups is 4. The number of alkyl carbamates (subject to hydrolysis) is 1. The lowest BCUT2D eigenvalue weighted by atomic mass is 9.97. The number of hydrogen-bond donors (Lipinski definition) is 3. The molecule has 0 aliphatic carbocycles. The summed E-state index contributed by atoms with van der Waals surface area (Å²) in [5, 5.41) is 2.55. The molecule has 2 fully saturated rings. The lowest BCUT2D eigenvalue weighted by Crippen LogP contribution is -2.50. The van der Waals surface area contributed by atoms with Crippen LogP contribution in [0, 0.1) is 0 Å². The van der Waals surface area contributed by atoms with Gasteiger partial charge >= 0.3 is 24.1 Å². The maximum atomic E-state index is 11.5. The number of hydrogen-bond acceptors (Lipinski definition) is 10. The van der Waals surface area contributed by atoms with Crippen LogP contribution in [0.2, 0.25) is 0 Å². The second-order valence-corrected chi connectivity index (χ2v) is 9.15. The summed E-state index contributed by atoms with van der Waals surface area (Å²) in [6, 6.07) is -0.686. The molecule has 2 aliphatic heterocycles. The predicted octanol–water partition coefficient (Wildman–Crippen LogP) is 1.68. The quantitative estimate of drug-likeness (QED) is 0.326. The van der Waals surface area contributed by atoms with Gasteiger partial charge < -0.3 is 40.6 Å². The first-order chi connectivity index (χ1) is 16.2. The SMILES string of the molecule is CC.CC(C)(OC(=O)CCCN)C1CCNC(=O)O1.C[C@H](N)C(=O)OC(C)(C)C1CN(C)C(=O)O1. The van der Waals surface area contributed by atoms with Crippen LogP contribution in [0.1, 0.15) is 67.7 Å². The maximum absolute atomic E-state index is 11.5. The summed E-state index contributed by atoms with van der Waals surface area (Å²) in [6.45, 7) is 13.8. The number of rotatable bonds is 8. The van der Waals surface area contributed by atoms with E-state index in [1.807, 2.05) is 13.8 Å². The van der Waals surface area contributed by atoms with Crippen LogP contribution in [0.3, 0.4) is 0 Å². The number of amides is 2. The molecule has 204 valence electrons. The smallest absolute Gasteiger partial charge is 0.410 e. The van der Waals surface area contributed by atoms with Crippen molar-refractivity contribution in [3.63, 3.8) is 0 Å². The molecule has 2 unspecified atom stereocenters. The molecule has 0 radical (unpaired) electrons. The second kappa shape index (κ2) is 14.7. The lowest BCUT2D eigenvalue weighted by molar-refractivity contribution is -0.169. The van der Waals surface area contributed by atoms with E-state index in [0.717, 1.165) is 0 Å². The normalized spacial score (nSPS) is 20.6. The van der Waals surface area contributed by atoms with Gasteiger partial charge in [-0.15, -0.1) is 0 Å². The fourth-order valence-corrected chi connectivity index (χ4v) is 3.03. The van der Waals surface area contributed by atoms with Gasteiger partial charge in [-0.05, 0) is 47.6 Å². The molecule has 2 amide bonds. The van der Waals surface area contributed by atoms with Crippen molar-refractivity contribution in [3.8, 4) is 0 Å². The maximum Gasteiger partial charge on any atom is 0.410 e. The Morgan fingerprint density at radius 1 is 1.11 bits per heavy atom. The first-order valence-corrected chi connectivity index (χ1v) is 12.0. The topological polar surface area (TPSA) is 173 Å². The zero-order chi connectivity index (χ0) is 27.4. The third-order valence-electron chi connectivity index (χ3n) is 5.17. The molecule has 2 saturated heterocycles. The van der Waals surface area contributed by atoms with Gasteiger partial charge in [-0.25, -0.2) is 9.59 Å². The van der Waals surface area contributed by atoms with Gasteiger partial charge in [0.15, 0.2) is 6.10 Å². The Labute approximate surface area is 208 Å². The summed E-state index contributed by atoms with van der Waals surface area (Å²) in [5.41, 5.74) is 9.05. The van der Waals surface area contributed by atoms with Crippen LogP contribution in [0.4, 0.5) is 9.59 Å². The first-order valence-electron chi connectivity index (χ1n) is 12.0. The molecule has 0 spiro atoms. The molecule has 2 aliphatic rings. The number of cyclic esters (lactones) is 2. The number of carbonyl (C=O) groups excluding carboxylic acids is 4. The first kappa shape index (κ1) is 32.4. The summed E-state index contributed by atoms with van der Waals surface area (Å²) in [7, 11) is 1.63. The Kier molecular flexibility index (Phi) is 13.6. The molecule has 5 N–H and O–H groups in total. The van der Waals surface area contributed by atoms with E-state index in [1.165, 1.54) is 4.90 Å². The average molecular weight is 505 g/mol. The van der Waals surface area contributed by atoms with Gasteiger partial charge in [0.2, 0.25) is 0 Å². The monoisotopic (exact) mass is 504 g/mol. The molecule has 0 aromatic carbocycles. The summed E-state index contributed by atoms with van der Waals surface area (Å²) in [5.74, 6) is -0.814. The highest BCUT2D eigenvalue weighted by Crippen LogP contribution is 2.25. The highest BCUT2D eigenvalue weighted by Gasteiger charge is 2.43. The largest absolute Gasteiger partial charge is 0.456 e. The van der Waals surface area contributed by atoms with Gasteiger partial charge in [-0.1, -0.05) is 13.8 Å². The van der Waals surface area contributed by atoms with Crippen molar-refractivity contribution in [3.05, 3.63) is 0 Å². The van der Waals surface area contributed by atoms with Crippen LogP contribution in [-0.4, -0.2) is 85.2 Å². The third kappa shape index (κ3) is 11.1. The molecule has 0 saturated carbocycles. The Morgan fingerprint density at radius 3 is 2.14 bits per heavy atom. The highest BCUT2D eigenvalue weighted by atomic mass is 16.6. The minimum atomic E-state index is -0.870. The number of likely N-dealkylation sites (N-methyl/N-ethyl adjacent to an activating group) is 1. The summed E-state index contributed by atoms with van der Waals surface area (Å²) < 4.78 is 20.7. The zero-order valence-electron chi connectivity index (χ0n) is 22.3. The fourth-order valence-electron chi connectivity index (χ4n) is 3.03. The summed E-state index contributed by atoms with van der Waals surface area (Å²) in [4.78, 5) is 46.6. The average Bonchev–Trinajstić information content (AvgIpc) is 3.13. The molecule has 12 heteroatoms. The number of nitrogens with two attached hydrogens (primary N) is 2. The minimum Gasteiger partial charge on any atom is -0.456 e. The fraction of sp³-hybridized carbons (Fsp3) is 0.826. The van der Waals surface area contributed by atoms with Gasteiger partial charge in [0.05, 0.1) is 6.54 Å². The van der Waals surface area contributed by atoms with Crippen LogP contribution >= 0.6 is 0 Å². The third-order valence-corrected chi connectivity index (χ3v) is 5.17.